The molecule has 3 nitrogen and oxygen atoms in total. The highest BCUT2D eigenvalue weighted by Crippen LogP contribution is 2.39. The summed E-state index contributed by atoms with van der Waals surface area (Å²) in [6.45, 7) is 0. The van der Waals surface area contributed by atoms with E-state index >= 15 is 0 Å². The molecule has 2 heterocycles. The molecule has 0 saturated heterocycles. The summed E-state index contributed by atoms with van der Waals surface area (Å²) in [5, 5.41) is 3.57. The summed E-state index contributed by atoms with van der Waals surface area (Å²) in [4.78, 5) is 7.34. The highest BCUT2D eigenvalue weighted by Gasteiger charge is 2.17. The lowest BCUT2D eigenvalue weighted by Gasteiger charge is -2.26. The zero-order valence-electron chi connectivity index (χ0n) is 18.5. The average Bonchev–Trinajstić information content (AvgIpc) is 3.30. The first-order valence-electron chi connectivity index (χ1n) is 11.5. The summed E-state index contributed by atoms with van der Waals surface area (Å²) < 4.78 is 2.29. The van der Waals surface area contributed by atoms with E-state index in [1.807, 2.05) is 0 Å². The van der Waals surface area contributed by atoms with Gasteiger partial charge in [0.25, 0.3) is 0 Å². The normalized spacial score (nSPS) is 11.5. The lowest BCUT2D eigenvalue weighted by Crippen LogP contribution is -2.09. The molecule has 0 fully saturated rings. The minimum atomic E-state index is 0.993. The zero-order chi connectivity index (χ0) is 22.5. The standard InChI is InChI=1S/C31H21N3/c1-3-11-22(12-4-1)33(23-13-5-2-6-14-23)24-19-20-26-27(21-24)25-15-7-9-17-29(25)34-30-18-10-8-16-28(30)32-31(26)34/h1-21H. The predicted molar refractivity (Wildman–Crippen MR) is 142 cm³/mol. The third-order valence-electron chi connectivity index (χ3n) is 6.53. The number of para-hydroxylation sites is 5. The summed E-state index contributed by atoms with van der Waals surface area (Å²) >= 11 is 0. The van der Waals surface area contributed by atoms with Crippen molar-refractivity contribution in [2.75, 3.05) is 4.90 Å². The van der Waals surface area contributed by atoms with E-state index in [2.05, 4.69) is 137 Å². The number of hydrogen-bond acceptors (Lipinski definition) is 2. The lowest BCUT2D eigenvalue weighted by molar-refractivity contribution is 1.28. The molecule has 160 valence electrons. The first kappa shape index (κ1) is 18.9. The van der Waals surface area contributed by atoms with E-state index in [4.69, 9.17) is 4.98 Å². The number of hydrogen-bond donors (Lipinski definition) is 0. The SMILES string of the molecule is c1ccc(N(c2ccccc2)c2ccc3c(c2)c2ccccc2n2c4ccccc4nc32)cc1. The third kappa shape index (κ3) is 2.81. The van der Waals surface area contributed by atoms with Crippen molar-refractivity contribution in [2.45, 2.75) is 0 Å². The Morgan fingerprint density at radius 2 is 1.09 bits per heavy atom. The van der Waals surface area contributed by atoms with Crippen LogP contribution in [-0.2, 0) is 0 Å². The van der Waals surface area contributed by atoms with Crippen molar-refractivity contribution in [2.24, 2.45) is 0 Å². The number of nitrogens with zero attached hydrogens (tertiary/aromatic N) is 3. The Morgan fingerprint density at radius 3 is 1.82 bits per heavy atom. The van der Waals surface area contributed by atoms with Gasteiger partial charge in [-0.2, -0.15) is 0 Å². The first-order chi connectivity index (χ1) is 16.9. The summed E-state index contributed by atoms with van der Waals surface area (Å²) in [6, 6.07) is 44.8. The van der Waals surface area contributed by atoms with Crippen LogP contribution in [0.4, 0.5) is 17.1 Å². The van der Waals surface area contributed by atoms with Crippen molar-refractivity contribution in [3.63, 3.8) is 0 Å². The molecule has 7 rings (SSSR count). The molecule has 0 aliphatic heterocycles. The molecule has 0 spiro atoms. The molecular formula is C31H21N3. The van der Waals surface area contributed by atoms with Crippen LogP contribution in [0, 0.1) is 0 Å². The molecule has 7 aromatic rings. The zero-order valence-corrected chi connectivity index (χ0v) is 18.5. The fourth-order valence-electron chi connectivity index (χ4n) is 5.04. The molecule has 0 atom stereocenters. The van der Waals surface area contributed by atoms with Crippen LogP contribution >= 0.6 is 0 Å². The largest absolute Gasteiger partial charge is 0.310 e. The summed E-state index contributed by atoms with van der Waals surface area (Å²) in [5.41, 5.74) is 7.69. The second kappa shape index (κ2) is 7.46. The van der Waals surface area contributed by atoms with Gasteiger partial charge in [-0.3, -0.25) is 4.40 Å². The number of pyridine rings is 1. The van der Waals surface area contributed by atoms with Crippen LogP contribution in [0.3, 0.4) is 0 Å². The number of aromatic nitrogens is 2. The second-order valence-corrected chi connectivity index (χ2v) is 8.51. The average molecular weight is 436 g/mol. The van der Waals surface area contributed by atoms with Gasteiger partial charge in [0.2, 0.25) is 0 Å². The number of imidazole rings is 1. The fraction of sp³-hybridized carbons (Fsp3) is 0. The van der Waals surface area contributed by atoms with Gasteiger partial charge in [-0.15, -0.1) is 0 Å². The van der Waals surface area contributed by atoms with E-state index in [9.17, 15) is 0 Å². The summed E-state index contributed by atoms with van der Waals surface area (Å²) in [6.07, 6.45) is 0. The minimum absolute atomic E-state index is 0.993. The molecule has 0 aliphatic carbocycles. The molecule has 0 bridgehead atoms. The van der Waals surface area contributed by atoms with Crippen LogP contribution in [0.15, 0.2) is 127 Å². The van der Waals surface area contributed by atoms with Crippen LogP contribution in [0.2, 0.25) is 0 Å². The highest BCUT2D eigenvalue weighted by atomic mass is 15.1. The van der Waals surface area contributed by atoms with E-state index in [0.717, 1.165) is 39.1 Å². The molecule has 0 aliphatic rings. The first-order valence-corrected chi connectivity index (χ1v) is 11.5. The van der Waals surface area contributed by atoms with Crippen LogP contribution in [0.5, 0.6) is 0 Å². The van der Waals surface area contributed by atoms with Gasteiger partial charge in [-0.1, -0.05) is 66.7 Å². The lowest BCUT2D eigenvalue weighted by atomic mass is 10.0. The van der Waals surface area contributed by atoms with Crippen molar-refractivity contribution in [1.29, 1.82) is 0 Å². The van der Waals surface area contributed by atoms with E-state index < -0.39 is 0 Å². The fourth-order valence-corrected chi connectivity index (χ4v) is 5.04. The second-order valence-electron chi connectivity index (χ2n) is 8.51. The maximum Gasteiger partial charge on any atom is 0.146 e. The molecule has 0 saturated carbocycles. The number of rotatable bonds is 3. The molecule has 0 radical (unpaired) electrons. The van der Waals surface area contributed by atoms with Gasteiger partial charge in [0, 0.05) is 27.8 Å². The molecule has 34 heavy (non-hydrogen) atoms. The smallest absolute Gasteiger partial charge is 0.146 e. The monoisotopic (exact) mass is 435 g/mol. The van der Waals surface area contributed by atoms with Gasteiger partial charge >= 0.3 is 0 Å². The van der Waals surface area contributed by atoms with Gasteiger partial charge in [-0.05, 0) is 66.0 Å². The van der Waals surface area contributed by atoms with Gasteiger partial charge in [-0.25, -0.2) is 4.98 Å². The number of benzene rings is 5. The maximum atomic E-state index is 5.03. The number of fused-ring (bicyclic) bond motifs is 8. The molecular weight excluding hydrogens is 414 g/mol. The van der Waals surface area contributed by atoms with Crippen LogP contribution in [-0.4, -0.2) is 9.38 Å². The van der Waals surface area contributed by atoms with Gasteiger partial charge in [0.05, 0.1) is 16.6 Å². The molecule has 2 aromatic heterocycles. The Kier molecular flexibility index (Phi) is 4.15. The molecule has 0 amide bonds. The third-order valence-corrected chi connectivity index (χ3v) is 6.53. The summed E-state index contributed by atoms with van der Waals surface area (Å²) in [7, 11) is 0. The Labute approximate surface area is 197 Å². The van der Waals surface area contributed by atoms with Gasteiger partial charge in [0.15, 0.2) is 0 Å². The molecule has 0 unspecified atom stereocenters. The minimum Gasteiger partial charge on any atom is -0.310 e. The van der Waals surface area contributed by atoms with Crippen LogP contribution < -0.4 is 4.90 Å². The van der Waals surface area contributed by atoms with E-state index in [-0.39, 0.29) is 0 Å². The van der Waals surface area contributed by atoms with Crippen molar-refractivity contribution in [3.05, 3.63) is 127 Å². The number of anilines is 3. The van der Waals surface area contributed by atoms with Gasteiger partial charge < -0.3 is 4.90 Å². The molecule has 0 N–H and O–H groups in total. The molecule has 5 aromatic carbocycles. The quantitative estimate of drug-likeness (QED) is 0.260. The highest BCUT2D eigenvalue weighted by molar-refractivity contribution is 6.14. The Morgan fingerprint density at radius 1 is 0.471 bits per heavy atom. The Bertz CT molecular complexity index is 1760. The Hall–Kier alpha value is -4.63. The summed E-state index contributed by atoms with van der Waals surface area (Å²) in [5.74, 6) is 0. The van der Waals surface area contributed by atoms with Crippen molar-refractivity contribution >= 4 is 55.4 Å². The van der Waals surface area contributed by atoms with E-state index in [0.29, 0.717) is 0 Å². The molecule has 3 heteroatoms. The predicted octanol–water partition coefficient (Wildman–Crippen LogP) is 8.26. The Balaban J connectivity index is 1.57. The van der Waals surface area contributed by atoms with Crippen molar-refractivity contribution in [1.82, 2.24) is 9.38 Å². The van der Waals surface area contributed by atoms with Gasteiger partial charge in [0.1, 0.15) is 5.65 Å². The van der Waals surface area contributed by atoms with E-state index in [1.165, 1.54) is 16.3 Å². The van der Waals surface area contributed by atoms with Crippen LogP contribution in [0.1, 0.15) is 0 Å². The van der Waals surface area contributed by atoms with Crippen LogP contribution in [0.25, 0.3) is 38.4 Å². The van der Waals surface area contributed by atoms with E-state index in [1.54, 1.807) is 0 Å². The van der Waals surface area contributed by atoms with Crippen molar-refractivity contribution < 1.29 is 0 Å². The van der Waals surface area contributed by atoms with Crippen molar-refractivity contribution in [3.8, 4) is 0 Å². The topological polar surface area (TPSA) is 20.5 Å². The maximum absolute atomic E-state index is 5.03.